The third-order valence-corrected chi connectivity index (χ3v) is 3.91. The largest absolute Gasteiger partial charge is 0.349 e. The zero-order valence-corrected chi connectivity index (χ0v) is 13.1. The number of pyridine rings is 1. The minimum atomic E-state index is -0.282. The number of nitrogens with one attached hydrogen (secondary N) is 1. The SMILES string of the molecule is C[C@H](NC(=O)Cc1cn(C)c2ncccc12)c1ccc(F)cc1. The summed E-state index contributed by atoms with van der Waals surface area (Å²) in [4.78, 5) is 16.6. The molecule has 1 atom stereocenters. The molecule has 1 amide bonds. The maximum absolute atomic E-state index is 13.0. The van der Waals surface area contributed by atoms with Gasteiger partial charge in [-0.05, 0) is 42.3 Å². The van der Waals surface area contributed by atoms with Crippen LogP contribution in [0.15, 0.2) is 48.8 Å². The van der Waals surface area contributed by atoms with Crippen LogP contribution >= 0.6 is 0 Å². The molecule has 0 spiro atoms. The van der Waals surface area contributed by atoms with E-state index in [0.29, 0.717) is 0 Å². The Hall–Kier alpha value is -2.69. The van der Waals surface area contributed by atoms with Crippen LogP contribution in [0, 0.1) is 5.82 Å². The summed E-state index contributed by atoms with van der Waals surface area (Å²) in [6.45, 7) is 1.88. The van der Waals surface area contributed by atoms with Crippen molar-refractivity contribution >= 4 is 16.9 Å². The van der Waals surface area contributed by atoms with Crippen LogP contribution in [-0.2, 0) is 18.3 Å². The molecule has 0 aliphatic heterocycles. The molecule has 1 N–H and O–H groups in total. The molecule has 0 aliphatic carbocycles. The van der Waals surface area contributed by atoms with E-state index in [1.807, 2.05) is 36.9 Å². The molecule has 0 fully saturated rings. The number of amides is 1. The number of carbonyl (C=O) groups excluding carboxylic acids is 1. The fourth-order valence-electron chi connectivity index (χ4n) is 2.73. The van der Waals surface area contributed by atoms with E-state index in [1.165, 1.54) is 12.1 Å². The van der Waals surface area contributed by atoms with Gasteiger partial charge in [0.1, 0.15) is 11.5 Å². The number of benzene rings is 1. The molecule has 5 heteroatoms. The second-order valence-electron chi connectivity index (χ2n) is 5.66. The van der Waals surface area contributed by atoms with E-state index in [-0.39, 0.29) is 24.2 Å². The lowest BCUT2D eigenvalue weighted by atomic mass is 10.1. The van der Waals surface area contributed by atoms with E-state index < -0.39 is 0 Å². The zero-order valence-electron chi connectivity index (χ0n) is 13.1. The molecular formula is C18H18FN3O. The zero-order chi connectivity index (χ0) is 16.4. The van der Waals surface area contributed by atoms with E-state index in [0.717, 1.165) is 22.2 Å². The normalized spacial score (nSPS) is 12.3. The van der Waals surface area contributed by atoms with Gasteiger partial charge in [0.05, 0.1) is 12.5 Å². The maximum Gasteiger partial charge on any atom is 0.224 e. The van der Waals surface area contributed by atoms with Crippen molar-refractivity contribution < 1.29 is 9.18 Å². The van der Waals surface area contributed by atoms with E-state index in [4.69, 9.17) is 0 Å². The molecule has 0 aliphatic rings. The number of halogens is 1. The lowest BCUT2D eigenvalue weighted by Crippen LogP contribution is -2.28. The average Bonchev–Trinajstić information content (AvgIpc) is 2.84. The van der Waals surface area contributed by atoms with Gasteiger partial charge in [-0.25, -0.2) is 9.37 Å². The lowest BCUT2D eigenvalue weighted by Gasteiger charge is -2.14. The molecule has 118 valence electrons. The summed E-state index contributed by atoms with van der Waals surface area (Å²) in [5.74, 6) is -0.353. The smallest absolute Gasteiger partial charge is 0.224 e. The van der Waals surface area contributed by atoms with E-state index in [9.17, 15) is 9.18 Å². The second-order valence-corrected chi connectivity index (χ2v) is 5.66. The fourth-order valence-corrected chi connectivity index (χ4v) is 2.73. The van der Waals surface area contributed by atoms with Gasteiger partial charge in [-0.2, -0.15) is 0 Å². The van der Waals surface area contributed by atoms with Crippen molar-refractivity contribution in [1.29, 1.82) is 0 Å². The molecule has 0 bridgehead atoms. The summed E-state index contributed by atoms with van der Waals surface area (Å²) in [5, 5.41) is 3.93. The lowest BCUT2D eigenvalue weighted by molar-refractivity contribution is -0.121. The Labute approximate surface area is 134 Å². The molecule has 0 unspecified atom stereocenters. The van der Waals surface area contributed by atoms with Crippen LogP contribution in [0.1, 0.15) is 24.1 Å². The summed E-state index contributed by atoms with van der Waals surface area (Å²) in [6.07, 6.45) is 3.96. The fraction of sp³-hybridized carbons (Fsp3) is 0.222. The molecule has 4 nitrogen and oxygen atoms in total. The Balaban J connectivity index is 1.72. The predicted molar refractivity (Wildman–Crippen MR) is 87.4 cm³/mol. The van der Waals surface area contributed by atoms with Gasteiger partial charge in [-0.1, -0.05) is 12.1 Å². The van der Waals surface area contributed by atoms with Crippen molar-refractivity contribution in [3.05, 3.63) is 65.7 Å². The third-order valence-electron chi connectivity index (χ3n) is 3.91. The first kappa shape index (κ1) is 15.2. The minimum Gasteiger partial charge on any atom is -0.349 e. The van der Waals surface area contributed by atoms with Crippen molar-refractivity contribution in [3.63, 3.8) is 0 Å². The molecule has 3 aromatic rings. The van der Waals surface area contributed by atoms with Crippen LogP contribution in [0.4, 0.5) is 4.39 Å². The number of fused-ring (bicyclic) bond motifs is 1. The van der Waals surface area contributed by atoms with Crippen LogP contribution in [0.25, 0.3) is 11.0 Å². The quantitative estimate of drug-likeness (QED) is 0.804. The first-order valence-corrected chi connectivity index (χ1v) is 7.48. The minimum absolute atomic E-state index is 0.0711. The Morgan fingerprint density at radius 1 is 1.30 bits per heavy atom. The molecule has 3 rings (SSSR count). The summed E-state index contributed by atoms with van der Waals surface area (Å²) >= 11 is 0. The molecule has 0 radical (unpaired) electrons. The van der Waals surface area contributed by atoms with Gasteiger partial charge < -0.3 is 9.88 Å². The third kappa shape index (κ3) is 3.23. The molecule has 2 heterocycles. The van der Waals surface area contributed by atoms with Crippen LogP contribution in [0.5, 0.6) is 0 Å². The number of hydrogen-bond acceptors (Lipinski definition) is 2. The van der Waals surface area contributed by atoms with Crippen LogP contribution in [0.3, 0.4) is 0 Å². The van der Waals surface area contributed by atoms with Crippen molar-refractivity contribution in [2.45, 2.75) is 19.4 Å². The molecule has 23 heavy (non-hydrogen) atoms. The molecule has 2 aromatic heterocycles. The maximum atomic E-state index is 13.0. The highest BCUT2D eigenvalue weighted by Crippen LogP contribution is 2.19. The molecule has 0 saturated carbocycles. The van der Waals surface area contributed by atoms with Crippen LogP contribution < -0.4 is 5.32 Å². The van der Waals surface area contributed by atoms with Gasteiger partial charge in [0.25, 0.3) is 0 Å². The number of aromatic nitrogens is 2. The first-order chi connectivity index (χ1) is 11.0. The second kappa shape index (κ2) is 6.20. The first-order valence-electron chi connectivity index (χ1n) is 7.48. The molecule has 1 aromatic carbocycles. The highest BCUT2D eigenvalue weighted by Gasteiger charge is 2.14. The summed E-state index contributed by atoms with van der Waals surface area (Å²) in [5.41, 5.74) is 2.68. The Morgan fingerprint density at radius 3 is 2.78 bits per heavy atom. The monoisotopic (exact) mass is 311 g/mol. The summed E-state index contributed by atoms with van der Waals surface area (Å²) in [7, 11) is 1.91. The van der Waals surface area contributed by atoms with Gasteiger partial charge in [-0.3, -0.25) is 4.79 Å². The van der Waals surface area contributed by atoms with E-state index >= 15 is 0 Å². The average molecular weight is 311 g/mol. The van der Waals surface area contributed by atoms with Gasteiger partial charge in [0.2, 0.25) is 5.91 Å². The van der Waals surface area contributed by atoms with Gasteiger partial charge in [0.15, 0.2) is 0 Å². The van der Waals surface area contributed by atoms with Gasteiger partial charge in [0, 0.05) is 24.8 Å². The highest BCUT2D eigenvalue weighted by molar-refractivity contribution is 5.87. The number of carbonyl (C=O) groups is 1. The Morgan fingerprint density at radius 2 is 2.04 bits per heavy atom. The van der Waals surface area contributed by atoms with E-state index in [1.54, 1.807) is 18.3 Å². The summed E-state index contributed by atoms with van der Waals surface area (Å²) < 4.78 is 14.9. The molecular weight excluding hydrogens is 293 g/mol. The van der Waals surface area contributed by atoms with Crippen LogP contribution in [0.2, 0.25) is 0 Å². The summed E-state index contributed by atoms with van der Waals surface area (Å²) in [6, 6.07) is 9.82. The van der Waals surface area contributed by atoms with E-state index in [2.05, 4.69) is 10.3 Å². The van der Waals surface area contributed by atoms with Crippen LogP contribution in [-0.4, -0.2) is 15.5 Å². The number of nitrogens with zero attached hydrogens (tertiary/aromatic N) is 2. The Bertz CT molecular complexity index is 839. The molecule has 0 saturated heterocycles. The van der Waals surface area contributed by atoms with Crippen molar-refractivity contribution in [3.8, 4) is 0 Å². The number of hydrogen-bond donors (Lipinski definition) is 1. The Kier molecular flexibility index (Phi) is 4.10. The standard InChI is InChI=1S/C18H18FN3O/c1-12(13-5-7-15(19)8-6-13)21-17(23)10-14-11-22(2)18-16(14)4-3-9-20-18/h3-9,11-12H,10H2,1-2H3,(H,21,23)/t12-/m0/s1. The highest BCUT2D eigenvalue weighted by atomic mass is 19.1. The van der Waals surface area contributed by atoms with Gasteiger partial charge in [-0.15, -0.1) is 0 Å². The topological polar surface area (TPSA) is 46.9 Å². The number of rotatable bonds is 4. The predicted octanol–water partition coefficient (Wildman–Crippen LogP) is 3.13. The van der Waals surface area contributed by atoms with Crippen molar-refractivity contribution in [2.75, 3.05) is 0 Å². The van der Waals surface area contributed by atoms with Gasteiger partial charge >= 0.3 is 0 Å². The van der Waals surface area contributed by atoms with Crippen molar-refractivity contribution in [1.82, 2.24) is 14.9 Å². The number of aryl methyl sites for hydroxylation is 1. The van der Waals surface area contributed by atoms with Crippen molar-refractivity contribution in [2.24, 2.45) is 7.05 Å².